The van der Waals surface area contributed by atoms with Crippen molar-refractivity contribution in [1.82, 2.24) is 29.2 Å². The lowest BCUT2D eigenvalue weighted by Gasteiger charge is -2.32. The molecule has 0 aromatic carbocycles. The zero-order valence-corrected chi connectivity index (χ0v) is 19.5. The van der Waals surface area contributed by atoms with Crippen LogP contribution in [-0.4, -0.2) is 69.6 Å². The highest BCUT2D eigenvalue weighted by molar-refractivity contribution is 5.87. The van der Waals surface area contributed by atoms with Gasteiger partial charge < -0.3 is 14.2 Å². The number of likely N-dealkylation sites (N-methyl/N-ethyl adjacent to an activating group) is 1. The van der Waals surface area contributed by atoms with Gasteiger partial charge in [-0.05, 0) is 45.8 Å². The zero-order chi connectivity index (χ0) is 22.0. The van der Waals surface area contributed by atoms with E-state index in [-0.39, 0.29) is 0 Å². The first-order chi connectivity index (χ1) is 15.0. The number of ether oxygens (including phenoxy) is 1. The molecule has 8 heteroatoms. The fourth-order valence-corrected chi connectivity index (χ4v) is 4.45. The minimum Gasteiger partial charge on any atom is -0.383 e. The summed E-state index contributed by atoms with van der Waals surface area (Å²) in [5.41, 5.74) is 4.63. The molecule has 0 radical (unpaired) electrons. The molecule has 0 spiro atoms. The molecule has 3 aromatic rings. The van der Waals surface area contributed by atoms with Crippen LogP contribution in [0.25, 0.3) is 11.0 Å². The quantitative estimate of drug-likeness (QED) is 0.552. The number of likely N-dealkylation sites (tertiary alicyclic amines) is 1. The van der Waals surface area contributed by atoms with E-state index in [2.05, 4.69) is 52.6 Å². The first-order valence-electron chi connectivity index (χ1n) is 11.2. The monoisotopic (exact) mass is 425 g/mol. The van der Waals surface area contributed by atoms with Gasteiger partial charge in [0.2, 0.25) is 0 Å². The maximum atomic E-state index is 5.29. The largest absolute Gasteiger partial charge is 0.383 e. The standard InChI is InChI=1S/C23H35N7O/c1-17(2)30-16-24-22-21(30)12-20(26-23(22)27(3)10-11-31-5)19-6-8-29(9-7-19)15-18-13-25-28(4)14-18/h12-14,16-17,19H,6-11,15H2,1-5H3. The number of hydrogen-bond acceptors (Lipinski definition) is 6. The van der Waals surface area contributed by atoms with Crippen LogP contribution in [0, 0.1) is 0 Å². The van der Waals surface area contributed by atoms with Crippen molar-refractivity contribution in [1.29, 1.82) is 0 Å². The van der Waals surface area contributed by atoms with Crippen molar-refractivity contribution in [3.8, 4) is 0 Å². The Morgan fingerprint density at radius 2 is 2.03 bits per heavy atom. The van der Waals surface area contributed by atoms with Gasteiger partial charge in [0.15, 0.2) is 5.82 Å². The van der Waals surface area contributed by atoms with Crippen LogP contribution in [0.4, 0.5) is 5.82 Å². The second-order valence-corrected chi connectivity index (χ2v) is 8.97. The third-order valence-electron chi connectivity index (χ3n) is 6.28. The lowest BCUT2D eigenvalue weighted by Crippen LogP contribution is -2.33. The highest BCUT2D eigenvalue weighted by Crippen LogP contribution is 2.33. The summed E-state index contributed by atoms with van der Waals surface area (Å²) in [4.78, 5) is 14.5. The van der Waals surface area contributed by atoms with Crippen molar-refractivity contribution in [2.24, 2.45) is 7.05 Å². The van der Waals surface area contributed by atoms with Gasteiger partial charge in [-0.2, -0.15) is 5.10 Å². The van der Waals surface area contributed by atoms with Crippen LogP contribution in [0.3, 0.4) is 0 Å². The number of hydrogen-bond donors (Lipinski definition) is 0. The Bertz CT molecular complexity index is 1000. The Kier molecular flexibility index (Phi) is 6.57. The first kappa shape index (κ1) is 21.8. The Hall–Kier alpha value is -2.45. The molecule has 4 heterocycles. The average Bonchev–Trinajstić information content (AvgIpc) is 3.37. The molecule has 1 aliphatic heterocycles. The predicted octanol–water partition coefficient (Wildman–Crippen LogP) is 3.21. The van der Waals surface area contributed by atoms with Gasteiger partial charge in [-0.25, -0.2) is 9.97 Å². The van der Waals surface area contributed by atoms with Crippen molar-refractivity contribution in [3.05, 3.63) is 36.0 Å². The van der Waals surface area contributed by atoms with Gasteiger partial charge in [0, 0.05) is 63.7 Å². The number of nitrogens with zero attached hydrogens (tertiary/aromatic N) is 7. The molecule has 0 saturated carbocycles. The number of aromatic nitrogens is 5. The minimum atomic E-state index is 0.360. The minimum absolute atomic E-state index is 0.360. The van der Waals surface area contributed by atoms with Crippen LogP contribution < -0.4 is 4.90 Å². The molecular weight excluding hydrogens is 390 g/mol. The van der Waals surface area contributed by atoms with Gasteiger partial charge in [-0.15, -0.1) is 0 Å². The van der Waals surface area contributed by atoms with Crippen LogP contribution in [-0.2, 0) is 18.3 Å². The Morgan fingerprint density at radius 1 is 1.26 bits per heavy atom. The lowest BCUT2D eigenvalue weighted by atomic mass is 9.92. The molecule has 1 fully saturated rings. The summed E-state index contributed by atoms with van der Waals surface area (Å²) in [6, 6.07) is 2.64. The smallest absolute Gasteiger partial charge is 0.156 e. The molecular formula is C23H35N7O. The second kappa shape index (κ2) is 9.36. The van der Waals surface area contributed by atoms with Crippen LogP contribution in [0.5, 0.6) is 0 Å². The van der Waals surface area contributed by atoms with Crippen molar-refractivity contribution in [2.45, 2.75) is 45.2 Å². The molecule has 4 rings (SSSR count). The van der Waals surface area contributed by atoms with Crippen LogP contribution in [0.15, 0.2) is 24.8 Å². The molecule has 0 atom stereocenters. The molecule has 8 nitrogen and oxygen atoms in total. The number of methoxy groups -OCH3 is 1. The number of pyridine rings is 1. The number of anilines is 1. The second-order valence-electron chi connectivity index (χ2n) is 8.97. The number of piperidine rings is 1. The Balaban J connectivity index is 1.56. The highest BCUT2D eigenvalue weighted by Gasteiger charge is 2.25. The number of rotatable bonds is 8. The Morgan fingerprint density at radius 3 is 2.68 bits per heavy atom. The topological polar surface area (TPSA) is 64.2 Å². The first-order valence-corrected chi connectivity index (χ1v) is 11.2. The third-order valence-corrected chi connectivity index (χ3v) is 6.28. The lowest BCUT2D eigenvalue weighted by molar-refractivity contribution is 0.203. The molecule has 0 unspecified atom stereocenters. The van der Waals surface area contributed by atoms with Gasteiger partial charge in [0.25, 0.3) is 0 Å². The summed E-state index contributed by atoms with van der Waals surface area (Å²) in [6.45, 7) is 8.99. The zero-order valence-electron chi connectivity index (χ0n) is 19.5. The molecule has 1 aliphatic rings. The molecule has 0 amide bonds. The molecule has 31 heavy (non-hydrogen) atoms. The van der Waals surface area contributed by atoms with Crippen molar-refractivity contribution >= 4 is 16.9 Å². The Labute approximate surface area is 184 Å². The van der Waals surface area contributed by atoms with E-state index in [0.29, 0.717) is 18.6 Å². The highest BCUT2D eigenvalue weighted by atomic mass is 16.5. The molecule has 0 bridgehead atoms. The van der Waals surface area contributed by atoms with E-state index in [4.69, 9.17) is 14.7 Å². The van der Waals surface area contributed by atoms with Crippen molar-refractivity contribution < 1.29 is 4.74 Å². The SMILES string of the molecule is COCCN(C)c1nc(C2CCN(Cc3cnn(C)c3)CC2)cc2c1ncn2C(C)C. The predicted molar refractivity (Wildman–Crippen MR) is 124 cm³/mol. The van der Waals surface area contributed by atoms with Crippen LogP contribution in [0.2, 0.25) is 0 Å². The molecule has 1 saturated heterocycles. The number of fused-ring (bicyclic) bond motifs is 1. The summed E-state index contributed by atoms with van der Waals surface area (Å²) in [5, 5.41) is 4.30. The molecule has 168 valence electrons. The maximum Gasteiger partial charge on any atom is 0.156 e. The summed E-state index contributed by atoms with van der Waals surface area (Å²) in [5.74, 6) is 1.43. The van der Waals surface area contributed by atoms with Crippen molar-refractivity contribution in [3.63, 3.8) is 0 Å². The van der Waals surface area contributed by atoms with Gasteiger partial charge >= 0.3 is 0 Å². The fraction of sp³-hybridized carbons (Fsp3) is 0.609. The average molecular weight is 426 g/mol. The van der Waals surface area contributed by atoms with E-state index in [9.17, 15) is 0 Å². The van der Waals surface area contributed by atoms with E-state index in [1.54, 1.807) is 7.11 Å². The van der Waals surface area contributed by atoms with Crippen molar-refractivity contribution in [2.75, 3.05) is 45.3 Å². The summed E-state index contributed by atoms with van der Waals surface area (Å²) < 4.78 is 9.42. The number of imidazole rings is 1. The van der Waals surface area contributed by atoms with Crippen LogP contribution >= 0.6 is 0 Å². The van der Waals surface area contributed by atoms with Gasteiger partial charge in [-0.3, -0.25) is 9.58 Å². The van der Waals surface area contributed by atoms with E-state index >= 15 is 0 Å². The van der Waals surface area contributed by atoms with Gasteiger partial charge in [0.05, 0.1) is 24.6 Å². The number of aryl methyl sites for hydroxylation is 1. The van der Waals surface area contributed by atoms with Gasteiger partial charge in [0.1, 0.15) is 5.52 Å². The molecule has 0 aliphatic carbocycles. The maximum absolute atomic E-state index is 5.29. The normalized spacial score (nSPS) is 15.9. The third kappa shape index (κ3) is 4.75. The van der Waals surface area contributed by atoms with E-state index < -0.39 is 0 Å². The molecule has 3 aromatic heterocycles. The van der Waals surface area contributed by atoms with E-state index in [1.807, 2.05) is 24.3 Å². The summed E-state index contributed by atoms with van der Waals surface area (Å²) >= 11 is 0. The molecule has 0 N–H and O–H groups in total. The fourth-order valence-electron chi connectivity index (χ4n) is 4.45. The van der Waals surface area contributed by atoms with E-state index in [1.165, 1.54) is 16.8 Å². The van der Waals surface area contributed by atoms with Gasteiger partial charge in [-0.1, -0.05) is 0 Å². The van der Waals surface area contributed by atoms with Crippen LogP contribution in [0.1, 0.15) is 49.9 Å². The summed E-state index contributed by atoms with van der Waals surface area (Å²) in [6.07, 6.45) is 8.27. The van der Waals surface area contributed by atoms with E-state index in [0.717, 1.165) is 50.4 Å². The summed E-state index contributed by atoms with van der Waals surface area (Å²) in [7, 11) is 5.79.